The second-order valence-electron chi connectivity index (χ2n) is 4.82. The normalized spacial score (nSPS) is 30.6. The van der Waals surface area contributed by atoms with Crippen LogP contribution in [0.5, 0.6) is 0 Å². The first-order valence-corrected chi connectivity index (χ1v) is 6.37. The van der Waals surface area contributed by atoms with E-state index >= 15 is 0 Å². The Morgan fingerprint density at radius 3 is 2.73 bits per heavy atom. The average Bonchev–Trinajstić information content (AvgIpc) is 2.31. The molecule has 2 aliphatic heterocycles. The molecule has 2 fully saturated rings. The van der Waals surface area contributed by atoms with E-state index < -0.39 is 0 Å². The molecule has 3 nitrogen and oxygen atoms in total. The van der Waals surface area contributed by atoms with E-state index in [1.807, 2.05) is 7.11 Å². The van der Waals surface area contributed by atoms with Crippen LogP contribution in [-0.4, -0.2) is 50.3 Å². The molecule has 0 aromatic rings. The third-order valence-electron chi connectivity index (χ3n) is 3.81. The van der Waals surface area contributed by atoms with Crippen molar-refractivity contribution in [3.8, 4) is 0 Å². The van der Waals surface area contributed by atoms with Crippen LogP contribution in [-0.2, 0) is 4.74 Å². The zero-order chi connectivity index (χ0) is 10.5. The first kappa shape index (κ1) is 11.4. The molecule has 0 radical (unpaired) electrons. The highest BCUT2D eigenvalue weighted by Crippen LogP contribution is 2.23. The van der Waals surface area contributed by atoms with Gasteiger partial charge < -0.3 is 10.1 Å². The topological polar surface area (TPSA) is 24.5 Å². The number of nitrogens with one attached hydrogen (secondary N) is 1. The molecule has 0 aliphatic carbocycles. The van der Waals surface area contributed by atoms with Gasteiger partial charge in [0.05, 0.1) is 6.61 Å². The zero-order valence-electron chi connectivity index (χ0n) is 9.87. The molecule has 2 heterocycles. The summed E-state index contributed by atoms with van der Waals surface area (Å²) >= 11 is 0. The molecule has 0 aromatic heterocycles. The molecule has 15 heavy (non-hydrogen) atoms. The summed E-state index contributed by atoms with van der Waals surface area (Å²) in [6, 6.07) is 1.50. The summed E-state index contributed by atoms with van der Waals surface area (Å²) in [7, 11) is 1.83. The van der Waals surface area contributed by atoms with Crippen molar-refractivity contribution >= 4 is 0 Å². The second kappa shape index (κ2) is 5.83. The van der Waals surface area contributed by atoms with Crippen LogP contribution in [0, 0.1) is 0 Å². The van der Waals surface area contributed by atoms with Gasteiger partial charge in [-0.15, -0.1) is 0 Å². The number of piperidine rings is 2. The lowest BCUT2D eigenvalue weighted by molar-refractivity contribution is 0.0259. The molecule has 2 rings (SSSR count). The van der Waals surface area contributed by atoms with E-state index in [2.05, 4.69) is 10.2 Å². The number of ether oxygens (including phenoxy) is 1. The minimum absolute atomic E-state index is 0.687. The van der Waals surface area contributed by atoms with Gasteiger partial charge in [-0.05, 0) is 45.3 Å². The molecule has 3 heteroatoms. The molecule has 1 unspecified atom stereocenters. The van der Waals surface area contributed by atoms with Gasteiger partial charge in [0.15, 0.2) is 0 Å². The van der Waals surface area contributed by atoms with E-state index in [1.165, 1.54) is 51.7 Å². The number of hydrogen-bond acceptors (Lipinski definition) is 3. The van der Waals surface area contributed by atoms with Crippen molar-refractivity contribution < 1.29 is 4.74 Å². The molecule has 0 saturated carbocycles. The highest BCUT2D eigenvalue weighted by atomic mass is 16.5. The van der Waals surface area contributed by atoms with Crippen molar-refractivity contribution in [3.05, 3.63) is 0 Å². The Balaban J connectivity index is 1.90. The van der Waals surface area contributed by atoms with Gasteiger partial charge in [0, 0.05) is 19.2 Å². The molecule has 0 bridgehead atoms. The van der Waals surface area contributed by atoms with Crippen molar-refractivity contribution in [1.82, 2.24) is 10.2 Å². The van der Waals surface area contributed by atoms with E-state index in [0.29, 0.717) is 6.04 Å². The minimum Gasteiger partial charge on any atom is -0.383 e. The fourth-order valence-electron chi connectivity index (χ4n) is 3.01. The van der Waals surface area contributed by atoms with E-state index in [0.717, 1.165) is 12.6 Å². The highest BCUT2D eigenvalue weighted by Gasteiger charge is 2.29. The van der Waals surface area contributed by atoms with Gasteiger partial charge in [0.2, 0.25) is 0 Å². The lowest BCUT2D eigenvalue weighted by atomic mass is 9.96. The maximum atomic E-state index is 5.35. The van der Waals surface area contributed by atoms with Gasteiger partial charge in [-0.1, -0.05) is 6.42 Å². The molecular formula is C12H24N2O. The largest absolute Gasteiger partial charge is 0.383 e. The standard InChI is InChI=1S/C12H24N2O/c1-15-10-12-4-2-3-9-14(12)11-5-7-13-8-6-11/h11-13H,2-10H2,1H3. The zero-order valence-corrected chi connectivity index (χ0v) is 9.87. The maximum absolute atomic E-state index is 5.35. The summed E-state index contributed by atoms with van der Waals surface area (Å²) in [5.41, 5.74) is 0. The van der Waals surface area contributed by atoms with Crippen molar-refractivity contribution in [2.75, 3.05) is 33.4 Å². The molecule has 1 atom stereocenters. The SMILES string of the molecule is COCC1CCCCN1C1CCNCC1. The summed E-state index contributed by atoms with van der Waals surface area (Å²) in [5, 5.41) is 3.44. The van der Waals surface area contributed by atoms with Crippen molar-refractivity contribution in [2.45, 2.75) is 44.2 Å². The molecule has 0 aromatic carbocycles. The predicted molar refractivity (Wildman–Crippen MR) is 62.1 cm³/mol. The molecule has 2 aliphatic rings. The molecule has 1 N–H and O–H groups in total. The number of hydrogen-bond donors (Lipinski definition) is 1. The molecule has 88 valence electrons. The summed E-state index contributed by atoms with van der Waals surface area (Å²) in [6.45, 7) is 4.60. The molecule has 0 spiro atoms. The van der Waals surface area contributed by atoms with Gasteiger partial charge in [-0.25, -0.2) is 0 Å². The molecular weight excluding hydrogens is 188 g/mol. The Kier molecular flexibility index (Phi) is 4.42. The quantitative estimate of drug-likeness (QED) is 0.762. The van der Waals surface area contributed by atoms with Gasteiger partial charge in [-0.2, -0.15) is 0 Å². The van der Waals surface area contributed by atoms with E-state index in [4.69, 9.17) is 4.74 Å². The summed E-state index contributed by atoms with van der Waals surface area (Å²) in [4.78, 5) is 2.72. The maximum Gasteiger partial charge on any atom is 0.0618 e. The predicted octanol–water partition coefficient (Wildman–Crippen LogP) is 1.24. The minimum atomic E-state index is 0.687. The smallest absolute Gasteiger partial charge is 0.0618 e. The fourth-order valence-corrected chi connectivity index (χ4v) is 3.01. The average molecular weight is 212 g/mol. The molecule has 2 saturated heterocycles. The third-order valence-corrected chi connectivity index (χ3v) is 3.81. The van der Waals surface area contributed by atoms with Crippen LogP contribution >= 0.6 is 0 Å². The van der Waals surface area contributed by atoms with Crippen molar-refractivity contribution in [2.24, 2.45) is 0 Å². The first-order valence-electron chi connectivity index (χ1n) is 6.37. The third kappa shape index (κ3) is 2.92. The number of likely N-dealkylation sites (tertiary alicyclic amines) is 1. The van der Waals surface area contributed by atoms with E-state index in [1.54, 1.807) is 0 Å². The first-order chi connectivity index (χ1) is 7.42. The van der Waals surface area contributed by atoms with Crippen LogP contribution in [0.15, 0.2) is 0 Å². The van der Waals surface area contributed by atoms with Crippen LogP contribution in [0.4, 0.5) is 0 Å². The number of rotatable bonds is 3. The monoisotopic (exact) mass is 212 g/mol. The number of nitrogens with zero attached hydrogens (tertiary/aromatic N) is 1. The Hall–Kier alpha value is -0.120. The van der Waals surface area contributed by atoms with Gasteiger partial charge >= 0.3 is 0 Å². The van der Waals surface area contributed by atoms with E-state index in [9.17, 15) is 0 Å². The fraction of sp³-hybridized carbons (Fsp3) is 1.00. The van der Waals surface area contributed by atoms with Crippen LogP contribution < -0.4 is 5.32 Å². The number of methoxy groups -OCH3 is 1. The summed E-state index contributed by atoms with van der Waals surface area (Å²) < 4.78 is 5.35. The Bertz CT molecular complexity index is 168. The lowest BCUT2D eigenvalue weighted by Gasteiger charge is -2.42. The Morgan fingerprint density at radius 1 is 1.20 bits per heavy atom. The van der Waals surface area contributed by atoms with Crippen molar-refractivity contribution in [3.63, 3.8) is 0 Å². The lowest BCUT2D eigenvalue weighted by Crippen LogP contribution is -2.51. The summed E-state index contributed by atoms with van der Waals surface area (Å²) in [5.74, 6) is 0. The second-order valence-corrected chi connectivity index (χ2v) is 4.82. The van der Waals surface area contributed by atoms with Crippen LogP contribution in [0.1, 0.15) is 32.1 Å². The Morgan fingerprint density at radius 2 is 2.00 bits per heavy atom. The highest BCUT2D eigenvalue weighted by molar-refractivity contribution is 4.85. The van der Waals surface area contributed by atoms with Crippen molar-refractivity contribution in [1.29, 1.82) is 0 Å². The van der Waals surface area contributed by atoms with Crippen LogP contribution in [0.2, 0.25) is 0 Å². The molecule has 0 amide bonds. The summed E-state index contributed by atoms with van der Waals surface area (Å²) in [6.07, 6.45) is 6.73. The van der Waals surface area contributed by atoms with Gasteiger partial charge in [-0.3, -0.25) is 4.90 Å². The van der Waals surface area contributed by atoms with Gasteiger partial charge in [0.1, 0.15) is 0 Å². The van der Waals surface area contributed by atoms with E-state index in [-0.39, 0.29) is 0 Å². The van der Waals surface area contributed by atoms with Crippen LogP contribution in [0.25, 0.3) is 0 Å². The van der Waals surface area contributed by atoms with Gasteiger partial charge in [0.25, 0.3) is 0 Å². The van der Waals surface area contributed by atoms with Crippen LogP contribution in [0.3, 0.4) is 0 Å². The Labute approximate surface area is 93.2 Å².